The normalized spacial score (nSPS) is 13.7. The first-order valence-corrected chi connectivity index (χ1v) is 8.56. The minimum atomic E-state index is 0.0505. The first-order chi connectivity index (χ1) is 10.1. The molecule has 0 unspecified atom stereocenters. The SMILES string of the molecule is Cc1ccc2c(c1)OCCN2C(=O)CSc1n[nH]c(=S)s1. The van der Waals surface area contributed by atoms with E-state index in [-0.39, 0.29) is 5.91 Å². The van der Waals surface area contributed by atoms with Crippen molar-refractivity contribution < 1.29 is 9.53 Å². The van der Waals surface area contributed by atoms with Gasteiger partial charge in [-0.05, 0) is 36.8 Å². The Hall–Kier alpha value is -1.38. The van der Waals surface area contributed by atoms with Crippen LogP contribution < -0.4 is 9.64 Å². The number of aryl methyl sites for hydroxylation is 1. The zero-order valence-electron chi connectivity index (χ0n) is 11.3. The van der Waals surface area contributed by atoms with Gasteiger partial charge in [-0.3, -0.25) is 9.89 Å². The fraction of sp³-hybridized carbons (Fsp3) is 0.308. The fourth-order valence-electron chi connectivity index (χ4n) is 2.07. The molecule has 0 atom stereocenters. The first-order valence-electron chi connectivity index (χ1n) is 6.35. The summed E-state index contributed by atoms with van der Waals surface area (Å²) in [6.07, 6.45) is 0. The van der Waals surface area contributed by atoms with E-state index < -0.39 is 0 Å². The molecule has 1 amide bonds. The molecule has 0 saturated heterocycles. The number of aromatic amines is 1. The molecular weight excluding hydrogens is 326 g/mol. The maximum atomic E-state index is 12.4. The van der Waals surface area contributed by atoms with Crippen molar-refractivity contribution in [2.24, 2.45) is 0 Å². The molecule has 0 saturated carbocycles. The van der Waals surface area contributed by atoms with E-state index >= 15 is 0 Å². The Bertz CT molecular complexity index is 725. The topological polar surface area (TPSA) is 58.2 Å². The van der Waals surface area contributed by atoms with Crippen molar-refractivity contribution in [1.29, 1.82) is 0 Å². The maximum absolute atomic E-state index is 12.4. The van der Waals surface area contributed by atoms with E-state index in [2.05, 4.69) is 10.2 Å². The number of aromatic nitrogens is 2. The number of H-pyrrole nitrogens is 1. The van der Waals surface area contributed by atoms with Crippen molar-refractivity contribution in [3.05, 3.63) is 27.7 Å². The van der Waals surface area contributed by atoms with Crippen molar-refractivity contribution in [3.63, 3.8) is 0 Å². The summed E-state index contributed by atoms with van der Waals surface area (Å²) in [6, 6.07) is 5.88. The number of fused-ring (bicyclic) bond motifs is 1. The van der Waals surface area contributed by atoms with Gasteiger partial charge in [-0.15, -0.1) is 0 Å². The molecule has 21 heavy (non-hydrogen) atoms. The predicted octanol–water partition coefficient (Wildman–Crippen LogP) is 3.03. The number of rotatable bonds is 3. The van der Waals surface area contributed by atoms with Crippen LogP contribution in [-0.4, -0.2) is 35.0 Å². The molecule has 1 aromatic carbocycles. The molecule has 8 heteroatoms. The highest BCUT2D eigenvalue weighted by Gasteiger charge is 2.23. The van der Waals surface area contributed by atoms with Crippen molar-refractivity contribution in [1.82, 2.24) is 10.2 Å². The zero-order chi connectivity index (χ0) is 14.8. The average Bonchev–Trinajstić information content (AvgIpc) is 2.89. The first kappa shape index (κ1) is 14.6. The van der Waals surface area contributed by atoms with E-state index in [0.29, 0.717) is 22.9 Å². The summed E-state index contributed by atoms with van der Waals surface area (Å²) in [5, 5.41) is 6.76. The molecule has 0 bridgehead atoms. The third kappa shape index (κ3) is 3.28. The Morgan fingerprint density at radius 2 is 2.48 bits per heavy atom. The quantitative estimate of drug-likeness (QED) is 0.688. The van der Waals surface area contributed by atoms with Gasteiger partial charge in [0.1, 0.15) is 12.4 Å². The highest BCUT2D eigenvalue weighted by Crippen LogP contribution is 2.33. The van der Waals surface area contributed by atoms with E-state index in [0.717, 1.165) is 21.3 Å². The number of hydrogen-bond donors (Lipinski definition) is 1. The van der Waals surface area contributed by atoms with Gasteiger partial charge >= 0.3 is 0 Å². The number of ether oxygens (including phenoxy) is 1. The van der Waals surface area contributed by atoms with E-state index in [1.165, 1.54) is 23.1 Å². The van der Waals surface area contributed by atoms with Crippen LogP contribution in [0, 0.1) is 10.9 Å². The molecule has 1 aliphatic heterocycles. The second-order valence-electron chi connectivity index (χ2n) is 4.53. The lowest BCUT2D eigenvalue weighted by Gasteiger charge is -2.29. The lowest BCUT2D eigenvalue weighted by atomic mass is 10.1. The molecule has 110 valence electrons. The molecule has 0 radical (unpaired) electrons. The lowest BCUT2D eigenvalue weighted by molar-refractivity contribution is -0.116. The van der Waals surface area contributed by atoms with Crippen LogP contribution in [0.3, 0.4) is 0 Å². The number of amides is 1. The van der Waals surface area contributed by atoms with E-state index in [1.807, 2.05) is 25.1 Å². The van der Waals surface area contributed by atoms with Crippen molar-refractivity contribution in [3.8, 4) is 5.75 Å². The molecule has 1 aromatic heterocycles. The summed E-state index contributed by atoms with van der Waals surface area (Å²) in [6.45, 7) is 3.10. The van der Waals surface area contributed by atoms with Crippen molar-refractivity contribution in [2.75, 3.05) is 23.8 Å². The number of nitrogens with one attached hydrogen (secondary N) is 1. The standard InChI is InChI=1S/C13H13N3O2S3/c1-8-2-3-9-10(6-8)18-5-4-16(9)11(17)7-20-13-15-14-12(19)21-13/h2-3,6H,4-5,7H2,1H3,(H,14,19). The number of thioether (sulfide) groups is 1. The molecule has 0 spiro atoms. The molecule has 0 fully saturated rings. The van der Waals surface area contributed by atoms with Crippen LogP contribution in [0.25, 0.3) is 0 Å². The van der Waals surface area contributed by atoms with Gasteiger partial charge in [0.25, 0.3) is 0 Å². The Kier molecular flexibility index (Phi) is 4.27. The number of carbonyl (C=O) groups is 1. The fourth-order valence-corrected chi connectivity index (χ4v) is 4.02. The molecule has 3 rings (SSSR count). The van der Waals surface area contributed by atoms with Gasteiger partial charge in [-0.1, -0.05) is 29.2 Å². The van der Waals surface area contributed by atoms with E-state index in [1.54, 1.807) is 4.90 Å². The molecule has 0 aliphatic carbocycles. The average molecular weight is 339 g/mol. The smallest absolute Gasteiger partial charge is 0.237 e. The third-order valence-electron chi connectivity index (χ3n) is 3.02. The summed E-state index contributed by atoms with van der Waals surface area (Å²) in [5.74, 6) is 1.16. The van der Waals surface area contributed by atoms with Gasteiger partial charge in [0.15, 0.2) is 8.29 Å². The molecule has 1 N–H and O–H groups in total. The van der Waals surface area contributed by atoms with Gasteiger partial charge in [-0.25, -0.2) is 0 Å². The van der Waals surface area contributed by atoms with Crippen LogP contribution >= 0.6 is 35.3 Å². The lowest BCUT2D eigenvalue weighted by Crippen LogP contribution is -2.39. The van der Waals surface area contributed by atoms with Crippen LogP contribution in [0.5, 0.6) is 5.75 Å². The van der Waals surface area contributed by atoms with Gasteiger partial charge in [0.2, 0.25) is 5.91 Å². The second kappa shape index (κ2) is 6.17. The Balaban J connectivity index is 1.72. The maximum Gasteiger partial charge on any atom is 0.237 e. The van der Waals surface area contributed by atoms with Gasteiger partial charge < -0.3 is 9.64 Å². The molecular formula is C13H13N3O2S3. The minimum absolute atomic E-state index is 0.0505. The molecule has 2 heterocycles. The number of benzene rings is 1. The van der Waals surface area contributed by atoms with E-state index in [9.17, 15) is 4.79 Å². The number of carbonyl (C=O) groups excluding carboxylic acids is 1. The monoisotopic (exact) mass is 339 g/mol. The van der Waals surface area contributed by atoms with Gasteiger partial charge in [0, 0.05) is 0 Å². The Labute approximate surface area is 135 Å². The summed E-state index contributed by atoms with van der Waals surface area (Å²) in [5.41, 5.74) is 1.96. The Morgan fingerprint density at radius 3 is 3.24 bits per heavy atom. The number of hydrogen-bond acceptors (Lipinski definition) is 6. The Morgan fingerprint density at radius 1 is 1.62 bits per heavy atom. The second-order valence-corrected chi connectivity index (χ2v) is 7.42. The predicted molar refractivity (Wildman–Crippen MR) is 87.0 cm³/mol. The van der Waals surface area contributed by atoms with Crippen molar-refractivity contribution in [2.45, 2.75) is 11.3 Å². The highest BCUT2D eigenvalue weighted by atomic mass is 32.2. The molecule has 2 aromatic rings. The zero-order valence-corrected chi connectivity index (χ0v) is 13.7. The van der Waals surface area contributed by atoms with Gasteiger partial charge in [-0.2, -0.15) is 5.10 Å². The number of anilines is 1. The summed E-state index contributed by atoms with van der Waals surface area (Å²) < 4.78 is 7.03. The summed E-state index contributed by atoms with van der Waals surface area (Å²) in [4.78, 5) is 14.2. The van der Waals surface area contributed by atoms with E-state index in [4.69, 9.17) is 17.0 Å². The highest BCUT2D eigenvalue weighted by molar-refractivity contribution is 8.01. The summed E-state index contributed by atoms with van der Waals surface area (Å²) in [7, 11) is 0. The summed E-state index contributed by atoms with van der Waals surface area (Å²) >= 11 is 7.76. The third-order valence-corrected chi connectivity index (χ3v) is 5.23. The molecule has 5 nitrogen and oxygen atoms in total. The number of nitrogens with zero attached hydrogens (tertiary/aromatic N) is 2. The van der Waals surface area contributed by atoms with Crippen LogP contribution in [0.2, 0.25) is 0 Å². The van der Waals surface area contributed by atoms with Crippen LogP contribution in [-0.2, 0) is 4.79 Å². The van der Waals surface area contributed by atoms with Crippen molar-refractivity contribution >= 4 is 46.9 Å². The van der Waals surface area contributed by atoms with Gasteiger partial charge in [0.05, 0.1) is 18.0 Å². The largest absolute Gasteiger partial charge is 0.490 e. The van der Waals surface area contributed by atoms with Crippen LogP contribution in [0.4, 0.5) is 5.69 Å². The minimum Gasteiger partial charge on any atom is -0.490 e. The molecule has 1 aliphatic rings. The van der Waals surface area contributed by atoms with Crippen LogP contribution in [0.1, 0.15) is 5.56 Å². The van der Waals surface area contributed by atoms with Crippen LogP contribution in [0.15, 0.2) is 22.5 Å².